The molecule has 0 saturated carbocycles. The van der Waals surface area contributed by atoms with Crippen LogP contribution in [0.3, 0.4) is 0 Å². The van der Waals surface area contributed by atoms with E-state index in [1.165, 1.54) is 4.90 Å². The van der Waals surface area contributed by atoms with Crippen LogP contribution in [0.1, 0.15) is 26.3 Å². The molecule has 0 unspecified atom stereocenters. The molecule has 1 aliphatic heterocycles. The second-order valence-electron chi connectivity index (χ2n) is 7.76. The normalized spacial score (nSPS) is 12.8. The number of hydrogen-bond acceptors (Lipinski definition) is 5. The number of benzene rings is 3. The van der Waals surface area contributed by atoms with E-state index in [9.17, 15) is 9.59 Å². The Morgan fingerprint density at radius 3 is 2.42 bits per heavy atom. The van der Waals surface area contributed by atoms with Crippen LogP contribution in [0, 0.1) is 22.1 Å². The predicted octanol–water partition coefficient (Wildman–Crippen LogP) is 5.46. The molecule has 0 fully saturated rings. The van der Waals surface area contributed by atoms with Crippen LogP contribution < -0.4 is 15.1 Å². The molecule has 1 amide bonds. The molecule has 6 nitrogen and oxygen atoms in total. The van der Waals surface area contributed by atoms with Crippen molar-refractivity contribution in [3.63, 3.8) is 0 Å². The number of halogens is 3. The van der Waals surface area contributed by atoms with Crippen molar-refractivity contribution in [1.29, 1.82) is 0 Å². The Bertz CT molecular complexity index is 1260. The molecule has 3 aromatic rings. The number of carbonyl (C=O) groups excluding carboxylic acids is 2. The fourth-order valence-electron chi connectivity index (χ4n) is 3.62. The first-order chi connectivity index (χ1) is 15.7. The molecule has 1 N–H and O–H groups in total. The number of nitrogens with zero attached hydrogens (tertiary/aromatic N) is 2. The van der Waals surface area contributed by atoms with E-state index in [1.807, 2.05) is 38.1 Å². The number of ether oxygens (including phenoxy) is 1. The van der Waals surface area contributed by atoms with E-state index in [4.69, 9.17) is 4.74 Å². The molecular formula is C24H20F2IN3O3. The van der Waals surface area contributed by atoms with Crippen molar-refractivity contribution in [3.05, 3.63) is 80.4 Å². The number of cyclic esters (lactones) is 1. The van der Waals surface area contributed by atoms with Gasteiger partial charge in [-0.25, -0.2) is 13.6 Å². The van der Waals surface area contributed by atoms with Gasteiger partial charge in [-0.1, -0.05) is 0 Å². The Kier molecular flexibility index (Phi) is 6.24. The first-order valence-corrected chi connectivity index (χ1v) is 11.1. The van der Waals surface area contributed by atoms with Crippen LogP contribution in [0.25, 0.3) is 0 Å². The van der Waals surface area contributed by atoms with E-state index < -0.39 is 29.1 Å². The number of hydrogen-bond donors (Lipinski definition) is 1. The maximum Gasteiger partial charge on any atom is 0.342 e. The molecular weight excluding hydrogens is 543 g/mol. The Labute approximate surface area is 203 Å². The Balaban J connectivity index is 1.72. The maximum atomic E-state index is 15.3. The highest BCUT2D eigenvalue weighted by Gasteiger charge is 2.34. The van der Waals surface area contributed by atoms with Gasteiger partial charge in [-0.2, -0.15) is 0 Å². The molecule has 9 heteroatoms. The third kappa shape index (κ3) is 4.37. The summed E-state index contributed by atoms with van der Waals surface area (Å²) in [5, 5.41) is 2.54. The number of rotatable bonds is 4. The molecule has 0 saturated heterocycles. The molecule has 33 heavy (non-hydrogen) atoms. The van der Waals surface area contributed by atoms with Gasteiger partial charge in [0.05, 0.1) is 16.8 Å². The summed E-state index contributed by atoms with van der Waals surface area (Å²) >= 11 is 2.15. The molecule has 1 heterocycles. The highest BCUT2D eigenvalue weighted by Crippen LogP contribution is 2.39. The molecule has 4 rings (SSSR count). The van der Waals surface area contributed by atoms with Crippen LogP contribution in [0.5, 0.6) is 0 Å². The summed E-state index contributed by atoms with van der Waals surface area (Å²) in [5.41, 5.74) is 1.64. The topological polar surface area (TPSA) is 61.9 Å². The quantitative estimate of drug-likeness (QED) is 0.338. The van der Waals surface area contributed by atoms with E-state index in [-0.39, 0.29) is 18.0 Å². The minimum Gasteiger partial charge on any atom is -0.440 e. The van der Waals surface area contributed by atoms with Crippen LogP contribution in [0.4, 0.5) is 31.5 Å². The molecule has 0 aromatic heterocycles. The SMILES string of the molecule is Cc1cc(I)ccc1N1COC(=O)c2cc(C(=O)Nc3ccc(N(C)C)cc3)c(F)c(F)c21. The van der Waals surface area contributed by atoms with Crippen molar-refractivity contribution >= 4 is 57.2 Å². The lowest BCUT2D eigenvalue weighted by molar-refractivity contribution is 0.0491. The summed E-state index contributed by atoms with van der Waals surface area (Å²) in [7, 11) is 3.75. The van der Waals surface area contributed by atoms with Crippen molar-refractivity contribution in [1.82, 2.24) is 0 Å². The predicted molar refractivity (Wildman–Crippen MR) is 131 cm³/mol. The van der Waals surface area contributed by atoms with Gasteiger partial charge in [0.1, 0.15) is 0 Å². The fourth-order valence-corrected chi connectivity index (χ4v) is 4.27. The molecule has 3 aromatic carbocycles. The summed E-state index contributed by atoms with van der Waals surface area (Å²) in [5.74, 6) is -4.32. The third-order valence-corrected chi connectivity index (χ3v) is 6.00. The Hall–Kier alpha value is -3.21. The van der Waals surface area contributed by atoms with E-state index >= 15 is 8.78 Å². The summed E-state index contributed by atoms with van der Waals surface area (Å²) < 4.78 is 36.5. The number of carbonyl (C=O) groups is 2. The lowest BCUT2D eigenvalue weighted by Gasteiger charge is -2.32. The maximum absolute atomic E-state index is 15.3. The van der Waals surface area contributed by atoms with Gasteiger partial charge in [-0.15, -0.1) is 0 Å². The van der Waals surface area contributed by atoms with Gasteiger partial charge in [0.15, 0.2) is 18.4 Å². The monoisotopic (exact) mass is 563 g/mol. The smallest absolute Gasteiger partial charge is 0.342 e. The van der Waals surface area contributed by atoms with Crippen LogP contribution in [-0.4, -0.2) is 32.7 Å². The summed E-state index contributed by atoms with van der Waals surface area (Å²) in [4.78, 5) is 28.4. The number of amides is 1. The zero-order valence-corrected chi connectivity index (χ0v) is 20.2. The Morgan fingerprint density at radius 1 is 1.09 bits per heavy atom. The third-order valence-electron chi connectivity index (χ3n) is 5.33. The number of esters is 1. The first-order valence-electron chi connectivity index (χ1n) is 9.99. The zero-order valence-electron chi connectivity index (χ0n) is 18.1. The minimum atomic E-state index is -1.33. The standard InChI is InChI=1S/C24H20F2IN3O3/c1-13-10-14(27)4-9-19(13)30-12-33-24(32)18-11-17(20(25)21(26)22(18)30)23(31)28-15-5-7-16(8-6-15)29(2)3/h4-11H,12H2,1-3H3,(H,28,31). The Morgan fingerprint density at radius 2 is 1.79 bits per heavy atom. The average Bonchev–Trinajstić information content (AvgIpc) is 2.77. The van der Waals surface area contributed by atoms with Crippen molar-refractivity contribution in [2.45, 2.75) is 6.92 Å². The number of aryl methyl sites for hydroxylation is 1. The van der Waals surface area contributed by atoms with Crippen LogP contribution in [0.15, 0.2) is 48.5 Å². The van der Waals surface area contributed by atoms with E-state index in [2.05, 4.69) is 27.9 Å². The van der Waals surface area contributed by atoms with Gasteiger partial charge in [-0.3, -0.25) is 4.79 Å². The van der Waals surface area contributed by atoms with Crippen molar-refractivity contribution in [2.75, 3.05) is 35.9 Å². The molecule has 0 atom stereocenters. The lowest BCUT2D eigenvalue weighted by atomic mass is 10.0. The molecule has 0 bridgehead atoms. The highest BCUT2D eigenvalue weighted by molar-refractivity contribution is 14.1. The van der Waals surface area contributed by atoms with Gasteiger partial charge in [-0.05, 0) is 83.6 Å². The summed E-state index contributed by atoms with van der Waals surface area (Å²) in [6.45, 7) is 1.55. The van der Waals surface area contributed by atoms with Gasteiger partial charge in [0, 0.05) is 34.7 Å². The lowest BCUT2D eigenvalue weighted by Crippen LogP contribution is -2.33. The molecule has 1 aliphatic rings. The van der Waals surface area contributed by atoms with E-state index in [0.717, 1.165) is 20.9 Å². The van der Waals surface area contributed by atoms with Crippen molar-refractivity contribution in [2.24, 2.45) is 0 Å². The van der Waals surface area contributed by atoms with Crippen molar-refractivity contribution in [3.8, 4) is 0 Å². The van der Waals surface area contributed by atoms with Crippen molar-refractivity contribution < 1.29 is 23.1 Å². The summed E-state index contributed by atoms with van der Waals surface area (Å²) in [6, 6.07) is 13.3. The number of fused-ring (bicyclic) bond motifs is 1. The number of nitrogens with one attached hydrogen (secondary N) is 1. The largest absolute Gasteiger partial charge is 0.440 e. The van der Waals surface area contributed by atoms with Gasteiger partial charge in [0.2, 0.25) is 0 Å². The highest BCUT2D eigenvalue weighted by atomic mass is 127. The molecule has 0 aliphatic carbocycles. The van der Waals surface area contributed by atoms with Gasteiger partial charge < -0.3 is 19.9 Å². The molecule has 0 radical (unpaired) electrons. The minimum absolute atomic E-state index is 0.216. The molecule has 170 valence electrons. The average molecular weight is 563 g/mol. The molecule has 0 spiro atoms. The van der Waals surface area contributed by atoms with Gasteiger partial charge in [0.25, 0.3) is 5.91 Å². The van der Waals surface area contributed by atoms with Crippen LogP contribution >= 0.6 is 22.6 Å². The van der Waals surface area contributed by atoms with E-state index in [0.29, 0.717) is 11.4 Å². The van der Waals surface area contributed by atoms with Crippen LogP contribution in [0.2, 0.25) is 0 Å². The second-order valence-corrected chi connectivity index (χ2v) is 9.01. The number of anilines is 4. The fraction of sp³-hybridized carbons (Fsp3) is 0.167. The van der Waals surface area contributed by atoms with Crippen LogP contribution in [-0.2, 0) is 4.74 Å². The summed E-state index contributed by atoms with van der Waals surface area (Å²) in [6.07, 6.45) is 0. The zero-order chi connectivity index (χ0) is 23.9. The van der Waals surface area contributed by atoms with E-state index in [1.54, 1.807) is 30.3 Å². The second kappa shape index (κ2) is 8.97. The van der Waals surface area contributed by atoms with Gasteiger partial charge >= 0.3 is 5.97 Å². The first kappa shape index (κ1) is 23.0.